The molecule has 0 saturated carbocycles. The van der Waals surface area contributed by atoms with Crippen molar-refractivity contribution >= 4 is 20.7 Å². The maximum atomic E-state index is 11.9. The molecule has 0 aliphatic carbocycles. The number of sulfone groups is 1. The Morgan fingerprint density at radius 1 is 1.35 bits per heavy atom. The van der Waals surface area contributed by atoms with Crippen LogP contribution in [0.2, 0.25) is 0 Å². The Morgan fingerprint density at radius 3 is 2.71 bits per heavy atom. The summed E-state index contributed by atoms with van der Waals surface area (Å²) in [7, 11) is -3.67. The van der Waals surface area contributed by atoms with E-state index in [4.69, 9.17) is 5.26 Å². The van der Waals surface area contributed by atoms with Crippen molar-refractivity contribution in [2.75, 3.05) is 0 Å². The van der Waals surface area contributed by atoms with Gasteiger partial charge in [0.25, 0.3) is 0 Å². The molecule has 1 heterocycles. The standard InChI is InChI=1S/C12H8N2O2S/c1-2-17(15,16)12-9(7-13)8-14-11-6-4-3-5-10(11)12/h2-6,8H,1H2. The smallest absolute Gasteiger partial charge is 0.201 e. The molecule has 1 aromatic carbocycles. The van der Waals surface area contributed by atoms with Crippen molar-refractivity contribution in [2.24, 2.45) is 0 Å². The number of benzene rings is 1. The minimum Gasteiger partial charge on any atom is -0.255 e. The van der Waals surface area contributed by atoms with Crippen molar-refractivity contribution in [3.63, 3.8) is 0 Å². The molecule has 2 rings (SSSR count). The molecule has 0 radical (unpaired) electrons. The number of para-hydroxylation sites is 1. The van der Waals surface area contributed by atoms with Crippen molar-refractivity contribution < 1.29 is 8.42 Å². The first-order chi connectivity index (χ1) is 8.10. The Morgan fingerprint density at radius 2 is 2.06 bits per heavy atom. The Hall–Kier alpha value is -2.19. The molecule has 0 unspecified atom stereocenters. The Balaban J connectivity index is 3.02. The SMILES string of the molecule is C=CS(=O)(=O)c1c(C#N)cnc2ccccc12. The highest BCUT2D eigenvalue weighted by Crippen LogP contribution is 2.25. The van der Waals surface area contributed by atoms with Gasteiger partial charge in [-0.15, -0.1) is 0 Å². The summed E-state index contributed by atoms with van der Waals surface area (Å²) in [5.74, 6) is 0. The second kappa shape index (κ2) is 4.00. The Bertz CT molecular complexity index is 743. The second-order valence-electron chi connectivity index (χ2n) is 3.34. The average molecular weight is 244 g/mol. The van der Waals surface area contributed by atoms with Crippen LogP contribution in [0.5, 0.6) is 0 Å². The number of hydrogen-bond acceptors (Lipinski definition) is 4. The molecule has 17 heavy (non-hydrogen) atoms. The lowest BCUT2D eigenvalue weighted by Crippen LogP contribution is -2.01. The number of rotatable bonds is 2. The lowest BCUT2D eigenvalue weighted by Gasteiger charge is -2.05. The summed E-state index contributed by atoms with van der Waals surface area (Å²) in [6, 6.07) is 8.61. The van der Waals surface area contributed by atoms with E-state index in [1.165, 1.54) is 6.20 Å². The summed E-state index contributed by atoms with van der Waals surface area (Å²) in [6.45, 7) is 3.27. The fourth-order valence-electron chi connectivity index (χ4n) is 1.59. The van der Waals surface area contributed by atoms with Gasteiger partial charge in [0.2, 0.25) is 9.84 Å². The van der Waals surface area contributed by atoms with Crippen LogP contribution >= 0.6 is 0 Å². The zero-order chi connectivity index (χ0) is 12.5. The number of nitriles is 1. The molecule has 0 bridgehead atoms. The molecule has 2 aromatic rings. The molecule has 0 amide bonds. The van der Waals surface area contributed by atoms with Crippen molar-refractivity contribution in [2.45, 2.75) is 4.90 Å². The molecule has 0 spiro atoms. The third kappa shape index (κ3) is 1.79. The summed E-state index contributed by atoms with van der Waals surface area (Å²) in [6.07, 6.45) is 1.26. The van der Waals surface area contributed by atoms with Crippen LogP contribution in [0.15, 0.2) is 47.3 Å². The van der Waals surface area contributed by atoms with Crippen LogP contribution in [-0.4, -0.2) is 13.4 Å². The Kier molecular flexibility index (Phi) is 2.66. The van der Waals surface area contributed by atoms with Gasteiger partial charge in [-0.2, -0.15) is 5.26 Å². The van der Waals surface area contributed by atoms with E-state index in [2.05, 4.69) is 11.6 Å². The molecule has 0 aliphatic heterocycles. The number of pyridine rings is 1. The van der Waals surface area contributed by atoms with Crippen LogP contribution in [0.25, 0.3) is 10.9 Å². The average Bonchev–Trinajstić information content (AvgIpc) is 2.37. The largest absolute Gasteiger partial charge is 0.255 e. The quantitative estimate of drug-likeness (QED) is 0.810. The maximum Gasteiger partial charge on any atom is 0.201 e. The molecule has 1 aromatic heterocycles. The first-order valence-corrected chi connectivity index (χ1v) is 6.30. The fraction of sp³-hybridized carbons (Fsp3) is 0. The third-order valence-corrected chi connectivity index (χ3v) is 3.80. The monoisotopic (exact) mass is 244 g/mol. The summed E-state index contributed by atoms with van der Waals surface area (Å²) in [4.78, 5) is 4.01. The van der Waals surface area contributed by atoms with Crippen LogP contribution in [0.4, 0.5) is 0 Å². The molecule has 84 valence electrons. The van der Waals surface area contributed by atoms with Gasteiger partial charge in [-0.05, 0) is 6.07 Å². The topological polar surface area (TPSA) is 70.8 Å². The number of nitrogens with zero attached hydrogens (tertiary/aromatic N) is 2. The van der Waals surface area contributed by atoms with E-state index in [-0.39, 0.29) is 10.5 Å². The van der Waals surface area contributed by atoms with Crippen LogP contribution < -0.4 is 0 Å². The zero-order valence-electron chi connectivity index (χ0n) is 8.79. The van der Waals surface area contributed by atoms with Gasteiger partial charge in [-0.1, -0.05) is 24.8 Å². The summed E-state index contributed by atoms with van der Waals surface area (Å²) >= 11 is 0. The van der Waals surface area contributed by atoms with Crippen LogP contribution in [0, 0.1) is 11.3 Å². The Labute approximate surface area is 98.8 Å². The van der Waals surface area contributed by atoms with Gasteiger partial charge in [0, 0.05) is 17.0 Å². The molecule has 0 saturated heterocycles. The van der Waals surface area contributed by atoms with E-state index >= 15 is 0 Å². The minimum atomic E-state index is -3.67. The van der Waals surface area contributed by atoms with Gasteiger partial charge in [-0.25, -0.2) is 8.42 Å². The van der Waals surface area contributed by atoms with Gasteiger partial charge >= 0.3 is 0 Å². The number of aromatic nitrogens is 1. The van der Waals surface area contributed by atoms with Gasteiger partial charge < -0.3 is 0 Å². The van der Waals surface area contributed by atoms with E-state index < -0.39 is 9.84 Å². The first kappa shape index (κ1) is 11.3. The van der Waals surface area contributed by atoms with E-state index in [0.717, 1.165) is 5.41 Å². The van der Waals surface area contributed by atoms with E-state index in [1.54, 1.807) is 24.3 Å². The third-order valence-electron chi connectivity index (χ3n) is 2.35. The first-order valence-electron chi connectivity index (χ1n) is 4.75. The second-order valence-corrected chi connectivity index (χ2v) is 5.17. The summed E-state index contributed by atoms with van der Waals surface area (Å²) in [5, 5.41) is 10.2. The normalized spacial score (nSPS) is 11.0. The van der Waals surface area contributed by atoms with Crippen molar-refractivity contribution in [3.05, 3.63) is 48.0 Å². The van der Waals surface area contributed by atoms with E-state index in [9.17, 15) is 8.42 Å². The number of hydrogen-bond donors (Lipinski definition) is 0. The fourth-order valence-corrected chi connectivity index (χ4v) is 2.64. The highest BCUT2D eigenvalue weighted by atomic mass is 32.2. The van der Waals surface area contributed by atoms with Gasteiger partial charge in [-0.3, -0.25) is 4.98 Å². The van der Waals surface area contributed by atoms with Crippen LogP contribution in [0.1, 0.15) is 5.56 Å². The molecule has 0 atom stereocenters. The van der Waals surface area contributed by atoms with Gasteiger partial charge in [0.05, 0.1) is 16.0 Å². The van der Waals surface area contributed by atoms with E-state index in [0.29, 0.717) is 10.9 Å². The van der Waals surface area contributed by atoms with E-state index in [1.807, 2.05) is 6.07 Å². The molecule has 5 heteroatoms. The molecule has 0 N–H and O–H groups in total. The van der Waals surface area contributed by atoms with Crippen molar-refractivity contribution in [1.82, 2.24) is 4.98 Å². The number of fused-ring (bicyclic) bond motifs is 1. The van der Waals surface area contributed by atoms with Crippen molar-refractivity contribution in [1.29, 1.82) is 5.26 Å². The molecule has 4 nitrogen and oxygen atoms in total. The highest BCUT2D eigenvalue weighted by Gasteiger charge is 2.19. The summed E-state index contributed by atoms with van der Waals surface area (Å²) < 4.78 is 23.8. The molecule has 0 aliphatic rings. The predicted octanol–water partition coefficient (Wildman–Crippen LogP) is 2.02. The van der Waals surface area contributed by atoms with Crippen LogP contribution in [0.3, 0.4) is 0 Å². The molecular weight excluding hydrogens is 236 g/mol. The molecular formula is C12H8N2O2S. The van der Waals surface area contributed by atoms with Gasteiger partial charge in [0.15, 0.2) is 0 Å². The highest BCUT2D eigenvalue weighted by molar-refractivity contribution is 7.94. The zero-order valence-corrected chi connectivity index (χ0v) is 9.61. The van der Waals surface area contributed by atoms with Gasteiger partial charge in [0.1, 0.15) is 6.07 Å². The summed E-state index contributed by atoms with van der Waals surface area (Å²) in [5.41, 5.74) is 0.565. The van der Waals surface area contributed by atoms with Crippen LogP contribution in [-0.2, 0) is 9.84 Å². The maximum absolute atomic E-state index is 11.9. The lowest BCUT2D eigenvalue weighted by atomic mass is 10.2. The predicted molar refractivity (Wildman–Crippen MR) is 63.8 cm³/mol. The lowest BCUT2D eigenvalue weighted by molar-refractivity contribution is 0.605. The van der Waals surface area contributed by atoms with Crippen molar-refractivity contribution in [3.8, 4) is 6.07 Å². The minimum absolute atomic E-state index is 0.0272. The molecule has 0 fully saturated rings.